The van der Waals surface area contributed by atoms with E-state index in [1.165, 1.54) is 25.7 Å². The van der Waals surface area contributed by atoms with Crippen molar-refractivity contribution < 1.29 is 0 Å². The molecule has 1 aromatic rings. The van der Waals surface area contributed by atoms with Gasteiger partial charge >= 0.3 is 0 Å². The second kappa shape index (κ2) is 4.75. The van der Waals surface area contributed by atoms with Crippen LogP contribution in [0.25, 0.3) is 0 Å². The molecule has 3 N–H and O–H groups in total. The maximum Gasteiger partial charge on any atom is 0.153 e. The van der Waals surface area contributed by atoms with Gasteiger partial charge in [-0.15, -0.1) is 0 Å². The standard InChI is InChI=1S/C11H20N4/c1-8-2-4-9(5-3-8)11-13-10(6-7-12)14-15-11/h8-9H,2-7,12H2,1H3,(H,13,14,15). The third-order valence-electron chi connectivity index (χ3n) is 3.31. The molecule has 84 valence electrons. The minimum Gasteiger partial charge on any atom is -0.330 e. The van der Waals surface area contributed by atoms with Crippen molar-refractivity contribution in [3.63, 3.8) is 0 Å². The molecule has 15 heavy (non-hydrogen) atoms. The topological polar surface area (TPSA) is 67.6 Å². The highest BCUT2D eigenvalue weighted by Crippen LogP contribution is 2.33. The van der Waals surface area contributed by atoms with Crippen molar-refractivity contribution in [3.05, 3.63) is 11.6 Å². The van der Waals surface area contributed by atoms with Gasteiger partial charge in [0.05, 0.1) is 0 Å². The molecular formula is C11H20N4. The van der Waals surface area contributed by atoms with Crippen LogP contribution < -0.4 is 5.73 Å². The molecule has 1 aliphatic carbocycles. The van der Waals surface area contributed by atoms with Crippen LogP contribution in [0.3, 0.4) is 0 Å². The van der Waals surface area contributed by atoms with E-state index in [2.05, 4.69) is 22.1 Å². The highest BCUT2D eigenvalue weighted by Gasteiger charge is 2.22. The molecule has 0 bridgehead atoms. The average molecular weight is 208 g/mol. The van der Waals surface area contributed by atoms with E-state index in [1.54, 1.807) is 0 Å². The van der Waals surface area contributed by atoms with Gasteiger partial charge in [-0.25, -0.2) is 4.98 Å². The summed E-state index contributed by atoms with van der Waals surface area (Å²) in [5.41, 5.74) is 5.48. The molecule has 0 radical (unpaired) electrons. The van der Waals surface area contributed by atoms with E-state index in [9.17, 15) is 0 Å². The van der Waals surface area contributed by atoms with Gasteiger partial charge in [0.2, 0.25) is 0 Å². The first-order valence-electron chi connectivity index (χ1n) is 5.91. The Morgan fingerprint density at radius 3 is 2.73 bits per heavy atom. The Morgan fingerprint density at radius 2 is 2.07 bits per heavy atom. The molecule has 0 amide bonds. The number of nitrogens with two attached hydrogens (primary N) is 1. The molecule has 0 unspecified atom stereocenters. The molecular weight excluding hydrogens is 188 g/mol. The monoisotopic (exact) mass is 208 g/mol. The van der Waals surface area contributed by atoms with Gasteiger partial charge in [-0.1, -0.05) is 19.8 Å². The molecule has 0 saturated heterocycles. The summed E-state index contributed by atoms with van der Waals surface area (Å²) >= 11 is 0. The van der Waals surface area contributed by atoms with E-state index >= 15 is 0 Å². The Hall–Kier alpha value is -0.900. The van der Waals surface area contributed by atoms with Crippen LogP contribution in [0.2, 0.25) is 0 Å². The highest BCUT2D eigenvalue weighted by atomic mass is 15.2. The molecule has 2 rings (SSSR count). The first-order valence-corrected chi connectivity index (χ1v) is 5.91. The number of nitrogens with zero attached hydrogens (tertiary/aromatic N) is 2. The van der Waals surface area contributed by atoms with Crippen molar-refractivity contribution >= 4 is 0 Å². The molecule has 0 spiro atoms. The highest BCUT2D eigenvalue weighted by molar-refractivity contribution is 4.99. The van der Waals surface area contributed by atoms with Gasteiger partial charge in [-0.05, 0) is 25.3 Å². The quantitative estimate of drug-likeness (QED) is 0.792. The van der Waals surface area contributed by atoms with E-state index in [0.717, 1.165) is 24.0 Å². The maximum absolute atomic E-state index is 5.48. The van der Waals surface area contributed by atoms with Crippen LogP contribution in [0.4, 0.5) is 0 Å². The lowest BCUT2D eigenvalue weighted by Gasteiger charge is -2.23. The molecule has 1 heterocycles. The Kier molecular flexibility index (Phi) is 3.36. The Labute approximate surface area is 90.7 Å². The van der Waals surface area contributed by atoms with Crippen LogP contribution in [0.5, 0.6) is 0 Å². The van der Waals surface area contributed by atoms with Crippen molar-refractivity contribution in [1.82, 2.24) is 15.2 Å². The van der Waals surface area contributed by atoms with E-state index in [4.69, 9.17) is 5.73 Å². The zero-order valence-corrected chi connectivity index (χ0v) is 9.37. The second-order valence-electron chi connectivity index (χ2n) is 4.64. The van der Waals surface area contributed by atoms with Gasteiger partial charge in [0.15, 0.2) is 5.82 Å². The Morgan fingerprint density at radius 1 is 1.33 bits per heavy atom. The number of hydrogen-bond donors (Lipinski definition) is 2. The molecule has 0 atom stereocenters. The van der Waals surface area contributed by atoms with Crippen molar-refractivity contribution in [3.8, 4) is 0 Å². The van der Waals surface area contributed by atoms with E-state index in [1.807, 2.05) is 0 Å². The van der Waals surface area contributed by atoms with Crippen LogP contribution >= 0.6 is 0 Å². The molecule has 1 fully saturated rings. The minimum atomic E-state index is 0.573. The molecule has 1 saturated carbocycles. The number of nitrogens with one attached hydrogen (secondary N) is 1. The summed E-state index contributed by atoms with van der Waals surface area (Å²) in [6.07, 6.45) is 5.90. The second-order valence-corrected chi connectivity index (χ2v) is 4.64. The fraction of sp³-hybridized carbons (Fsp3) is 0.818. The number of hydrogen-bond acceptors (Lipinski definition) is 3. The predicted octanol–water partition coefficient (Wildman–Crippen LogP) is 1.60. The molecule has 0 aromatic carbocycles. The van der Waals surface area contributed by atoms with Crippen molar-refractivity contribution in [2.45, 2.75) is 44.9 Å². The molecule has 4 heteroatoms. The van der Waals surface area contributed by atoms with Gasteiger partial charge in [0.1, 0.15) is 5.82 Å². The first-order chi connectivity index (χ1) is 7.29. The first kappa shape index (κ1) is 10.6. The molecule has 4 nitrogen and oxygen atoms in total. The summed E-state index contributed by atoms with van der Waals surface area (Å²) in [4.78, 5) is 4.50. The summed E-state index contributed by atoms with van der Waals surface area (Å²) in [6, 6.07) is 0. The predicted molar refractivity (Wildman–Crippen MR) is 59.5 cm³/mol. The smallest absolute Gasteiger partial charge is 0.153 e. The van der Waals surface area contributed by atoms with Crippen LogP contribution in [0.1, 0.15) is 50.2 Å². The third kappa shape index (κ3) is 2.56. The Balaban J connectivity index is 1.96. The summed E-state index contributed by atoms with van der Waals surface area (Å²) in [5.74, 6) is 3.39. The van der Waals surface area contributed by atoms with Crippen LogP contribution in [0, 0.1) is 5.92 Å². The fourth-order valence-electron chi connectivity index (χ4n) is 2.26. The largest absolute Gasteiger partial charge is 0.330 e. The lowest BCUT2D eigenvalue weighted by Crippen LogP contribution is -2.12. The average Bonchev–Trinajstić information content (AvgIpc) is 2.68. The van der Waals surface area contributed by atoms with Crippen LogP contribution in [-0.4, -0.2) is 21.7 Å². The fourth-order valence-corrected chi connectivity index (χ4v) is 2.26. The van der Waals surface area contributed by atoms with Crippen LogP contribution in [0.15, 0.2) is 0 Å². The summed E-state index contributed by atoms with van der Waals surface area (Å²) in [7, 11) is 0. The molecule has 0 aliphatic heterocycles. The molecule has 1 aliphatic rings. The molecule has 1 aromatic heterocycles. The number of H-pyrrole nitrogens is 1. The van der Waals surface area contributed by atoms with E-state index in [-0.39, 0.29) is 0 Å². The van der Waals surface area contributed by atoms with Crippen molar-refractivity contribution in [2.75, 3.05) is 6.54 Å². The SMILES string of the molecule is CC1CCC(c2n[nH]c(CCN)n2)CC1. The summed E-state index contributed by atoms with van der Waals surface area (Å²) in [6.45, 7) is 2.96. The van der Waals surface area contributed by atoms with Crippen LogP contribution in [-0.2, 0) is 6.42 Å². The van der Waals surface area contributed by atoms with E-state index in [0.29, 0.717) is 12.5 Å². The van der Waals surface area contributed by atoms with Gasteiger partial charge in [0.25, 0.3) is 0 Å². The van der Waals surface area contributed by atoms with Gasteiger partial charge in [-0.2, -0.15) is 5.10 Å². The van der Waals surface area contributed by atoms with Gasteiger partial charge < -0.3 is 5.73 Å². The minimum absolute atomic E-state index is 0.573. The van der Waals surface area contributed by atoms with Gasteiger partial charge in [0, 0.05) is 12.3 Å². The lowest BCUT2D eigenvalue weighted by atomic mass is 9.83. The number of aromatic nitrogens is 3. The summed E-state index contributed by atoms with van der Waals surface area (Å²) < 4.78 is 0. The number of aromatic amines is 1. The number of rotatable bonds is 3. The zero-order valence-electron chi connectivity index (χ0n) is 9.37. The lowest BCUT2D eigenvalue weighted by molar-refractivity contribution is 0.340. The van der Waals surface area contributed by atoms with E-state index < -0.39 is 0 Å². The maximum atomic E-state index is 5.48. The zero-order chi connectivity index (χ0) is 10.7. The van der Waals surface area contributed by atoms with Crippen molar-refractivity contribution in [1.29, 1.82) is 0 Å². The van der Waals surface area contributed by atoms with Crippen molar-refractivity contribution in [2.24, 2.45) is 11.7 Å². The van der Waals surface area contributed by atoms with Gasteiger partial charge in [-0.3, -0.25) is 5.10 Å². The third-order valence-corrected chi connectivity index (χ3v) is 3.31. The summed E-state index contributed by atoms with van der Waals surface area (Å²) in [5, 5.41) is 7.27. The normalized spacial score (nSPS) is 26.8. The Bertz CT molecular complexity index is 299.